The normalized spacial score (nSPS) is 15.8. The summed E-state index contributed by atoms with van der Waals surface area (Å²) in [6.45, 7) is 1.97. The Hall–Kier alpha value is -1.55. The average Bonchev–Trinajstić information content (AvgIpc) is 2.91. The number of nitrogens with zero attached hydrogens (tertiary/aromatic N) is 1. The van der Waals surface area contributed by atoms with Crippen LogP contribution in [0.5, 0.6) is 5.75 Å². The molecular weight excluding hydrogens is 250 g/mol. The quantitative estimate of drug-likeness (QED) is 0.619. The lowest BCUT2D eigenvalue weighted by Gasteiger charge is -2.22. The van der Waals surface area contributed by atoms with Gasteiger partial charge in [-0.3, -0.25) is 5.41 Å². The number of nitrogen functional groups attached to an aromatic ring is 1. The molecule has 0 aliphatic heterocycles. The van der Waals surface area contributed by atoms with Crippen LogP contribution < -0.4 is 10.5 Å². The van der Waals surface area contributed by atoms with Crippen molar-refractivity contribution in [2.75, 3.05) is 20.7 Å². The lowest BCUT2D eigenvalue weighted by molar-refractivity contribution is 0.267. The number of methoxy groups -OCH3 is 1. The van der Waals surface area contributed by atoms with Crippen LogP contribution in [0.4, 0.5) is 0 Å². The van der Waals surface area contributed by atoms with E-state index < -0.39 is 0 Å². The standard InChI is InChI=1S/C16H25N3O/c1-19(10-12-5-3-4-6-12)11-14-9-13(16(17)18)7-8-15(14)20-2/h7-9,12H,3-6,10-11H2,1-2H3,(H3,17,18). The topological polar surface area (TPSA) is 62.3 Å². The Morgan fingerprint density at radius 1 is 1.40 bits per heavy atom. The van der Waals surface area contributed by atoms with E-state index in [4.69, 9.17) is 15.9 Å². The van der Waals surface area contributed by atoms with Gasteiger partial charge in [0.15, 0.2) is 0 Å². The molecule has 1 saturated carbocycles. The summed E-state index contributed by atoms with van der Waals surface area (Å²) in [6, 6.07) is 5.70. The first-order valence-electron chi connectivity index (χ1n) is 7.30. The fourth-order valence-corrected chi connectivity index (χ4v) is 3.06. The summed E-state index contributed by atoms with van der Waals surface area (Å²) < 4.78 is 5.41. The number of nitrogens with one attached hydrogen (secondary N) is 1. The van der Waals surface area contributed by atoms with Crippen molar-refractivity contribution in [3.63, 3.8) is 0 Å². The van der Waals surface area contributed by atoms with Crippen molar-refractivity contribution in [3.8, 4) is 5.75 Å². The third kappa shape index (κ3) is 3.73. The van der Waals surface area contributed by atoms with Gasteiger partial charge in [0.05, 0.1) is 7.11 Å². The molecule has 4 heteroatoms. The molecule has 0 atom stereocenters. The number of ether oxygens (including phenoxy) is 1. The minimum absolute atomic E-state index is 0.104. The fourth-order valence-electron chi connectivity index (χ4n) is 3.06. The third-order valence-corrected chi connectivity index (χ3v) is 4.08. The number of hydrogen-bond acceptors (Lipinski definition) is 3. The summed E-state index contributed by atoms with van der Waals surface area (Å²) in [5, 5.41) is 7.55. The lowest BCUT2D eigenvalue weighted by atomic mass is 10.1. The molecule has 1 aromatic rings. The third-order valence-electron chi connectivity index (χ3n) is 4.08. The molecular formula is C16H25N3O. The smallest absolute Gasteiger partial charge is 0.123 e. The van der Waals surface area contributed by atoms with E-state index in [0.29, 0.717) is 0 Å². The molecule has 3 N–H and O–H groups in total. The van der Waals surface area contributed by atoms with Gasteiger partial charge in [0.25, 0.3) is 0 Å². The highest BCUT2D eigenvalue weighted by molar-refractivity contribution is 5.95. The Morgan fingerprint density at radius 3 is 2.70 bits per heavy atom. The molecule has 0 radical (unpaired) electrons. The molecule has 0 saturated heterocycles. The predicted octanol–water partition coefficient (Wildman–Crippen LogP) is 2.60. The van der Waals surface area contributed by atoms with Gasteiger partial charge >= 0.3 is 0 Å². The van der Waals surface area contributed by atoms with Gasteiger partial charge in [0.1, 0.15) is 11.6 Å². The van der Waals surface area contributed by atoms with Gasteiger partial charge in [-0.05, 0) is 44.0 Å². The molecule has 0 spiro atoms. The minimum atomic E-state index is 0.104. The number of rotatable bonds is 6. The molecule has 0 amide bonds. The number of amidine groups is 1. The maximum atomic E-state index is 7.55. The molecule has 0 heterocycles. The summed E-state index contributed by atoms with van der Waals surface area (Å²) in [7, 11) is 3.83. The van der Waals surface area contributed by atoms with E-state index in [2.05, 4.69) is 11.9 Å². The Morgan fingerprint density at radius 2 is 2.10 bits per heavy atom. The first kappa shape index (κ1) is 14.9. The molecule has 1 aliphatic rings. The average molecular weight is 275 g/mol. The monoisotopic (exact) mass is 275 g/mol. The van der Waals surface area contributed by atoms with Gasteiger partial charge in [-0.25, -0.2) is 0 Å². The van der Waals surface area contributed by atoms with E-state index in [1.165, 1.54) is 25.7 Å². The molecule has 0 unspecified atom stereocenters. The Kier molecular flexibility index (Phi) is 5.01. The van der Waals surface area contributed by atoms with Crippen molar-refractivity contribution in [2.24, 2.45) is 11.7 Å². The highest BCUT2D eigenvalue weighted by Gasteiger charge is 2.17. The summed E-state index contributed by atoms with van der Waals surface area (Å²) in [5.74, 6) is 1.81. The van der Waals surface area contributed by atoms with Crippen LogP contribution in [-0.2, 0) is 6.54 Å². The molecule has 0 bridgehead atoms. The van der Waals surface area contributed by atoms with Gasteiger partial charge in [0.2, 0.25) is 0 Å². The van der Waals surface area contributed by atoms with E-state index >= 15 is 0 Å². The summed E-state index contributed by atoms with van der Waals surface area (Å²) in [5.41, 5.74) is 7.42. The fraction of sp³-hybridized carbons (Fsp3) is 0.562. The first-order chi connectivity index (χ1) is 9.60. The van der Waals surface area contributed by atoms with Gasteiger partial charge < -0.3 is 15.4 Å². The van der Waals surface area contributed by atoms with Gasteiger partial charge in [-0.2, -0.15) is 0 Å². The van der Waals surface area contributed by atoms with Gasteiger partial charge in [-0.1, -0.05) is 12.8 Å². The highest BCUT2D eigenvalue weighted by Crippen LogP contribution is 2.27. The molecule has 20 heavy (non-hydrogen) atoms. The predicted molar refractivity (Wildman–Crippen MR) is 82.3 cm³/mol. The zero-order valence-corrected chi connectivity index (χ0v) is 12.5. The molecule has 2 rings (SSSR count). The molecule has 1 aliphatic carbocycles. The van der Waals surface area contributed by atoms with Crippen molar-refractivity contribution in [3.05, 3.63) is 29.3 Å². The molecule has 0 aromatic heterocycles. The molecule has 1 fully saturated rings. The van der Waals surface area contributed by atoms with Crippen LogP contribution in [0.15, 0.2) is 18.2 Å². The molecule has 4 nitrogen and oxygen atoms in total. The maximum Gasteiger partial charge on any atom is 0.123 e. The van der Waals surface area contributed by atoms with Crippen LogP contribution in [0.3, 0.4) is 0 Å². The summed E-state index contributed by atoms with van der Waals surface area (Å²) in [6.07, 6.45) is 5.47. The minimum Gasteiger partial charge on any atom is -0.496 e. The second-order valence-electron chi connectivity index (χ2n) is 5.79. The van der Waals surface area contributed by atoms with Gasteiger partial charge in [-0.15, -0.1) is 0 Å². The molecule has 1 aromatic carbocycles. The van der Waals surface area contributed by atoms with Crippen LogP contribution in [0.1, 0.15) is 36.8 Å². The van der Waals surface area contributed by atoms with E-state index in [0.717, 1.165) is 35.9 Å². The maximum absolute atomic E-state index is 7.55. The summed E-state index contributed by atoms with van der Waals surface area (Å²) in [4.78, 5) is 2.34. The number of hydrogen-bond donors (Lipinski definition) is 2. The second-order valence-corrected chi connectivity index (χ2v) is 5.79. The number of nitrogens with two attached hydrogens (primary N) is 1. The van der Waals surface area contributed by atoms with Gasteiger partial charge in [0, 0.05) is 24.2 Å². The first-order valence-corrected chi connectivity index (χ1v) is 7.30. The van der Waals surface area contributed by atoms with E-state index in [1.807, 2.05) is 18.2 Å². The van der Waals surface area contributed by atoms with Crippen molar-refractivity contribution in [1.82, 2.24) is 4.90 Å². The molecule has 110 valence electrons. The Balaban J connectivity index is 2.05. The van der Waals surface area contributed by atoms with Crippen LogP contribution in [0.2, 0.25) is 0 Å². The SMILES string of the molecule is COc1ccc(C(=N)N)cc1CN(C)CC1CCCC1. The van der Waals surface area contributed by atoms with E-state index in [9.17, 15) is 0 Å². The zero-order chi connectivity index (χ0) is 14.5. The van der Waals surface area contributed by atoms with E-state index in [-0.39, 0.29) is 5.84 Å². The van der Waals surface area contributed by atoms with Crippen molar-refractivity contribution >= 4 is 5.84 Å². The zero-order valence-electron chi connectivity index (χ0n) is 12.5. The van der Waals surface area contributed by atoms with Crippen LogP contribution in [0, 0.1) is 11.3 Å². The van der Waals surface area contributed by atoms with Crippen LogP contribution in [0.25, 0.3) is 0 Å². The lowest BCUT2D eigenvalue weighted by Crippen LogP contribution is -2.24. The summed E-state index contributed by atoms with van der Waals surface area (Å²) >= 11 is 0. The second kappa shape index (κ2) is 6.75. The van der Waals surface area contributed by atoms with E-state index in [1.54, 1.807) is 7.11 Å². The van der Waals surface area contributed by atoms with Crippen LogP contribution >= 0.6 is 0 Å². The van der Waals surface area contributed by atoms with Crippen molar-refractivity contribution < 1.29 is 4.74 Å². The highest BCUT2D eigenvalue weighted by atomic mass is 16.5. The van der Waals surface area contributed by atoms with Crippen molar-refractivity contribution in [2.45, 2.75) is 32.2 Å². The Bertz CT molecular complexity index is 467. The Labute approximate surface area is 121 Å². The van der Waals surface area contributed by atoms with Crippen LogP contribution in [-0.4, -0.2) is 31.4 Å². The largest absolute Gasteiger partial charge is 0.496 e. The van der Waals surface area contributed by atoms with Crippen molar-refractivity contribution in [1.29, 1.82) is 5.41 Å². The number of benzene rings is 1.